The van der Waals surface area contributed by atoms with Gasteiger partial charge in [-0.05, 0) is 38.0 Å². The molecule has 1 nitrogen and oxygen atoms in total. The van der Waals surface area contributed by atoms with Crippen molar-refractivity contribution in [2.45, 2.75) is 57.9 Å². The molecule has 1 spiro atoms. The van der Waals surface area contributed by atoms with Gasteiger partial charge in [0.05, 0.1) is 0 Å². The van der Waals surface area contributed by atoms with E-state index in [0.717, 1.165) is 11.5 Å². The third-order valence-corrected chi connectivity index (χ3v) is 3.83. The van der Waals surface area contributed by atoms with Crippen molar-refractivity contribution in [3.8, 4) is 0 Å². The molecule has 0 amide bonds. The Morgan fingerprint density at radius 3 is 2.50 bits per heavy atom. The van der Waals surface area contributed by atoms with Gasteiger partial charge in [-0.2, -0.15) is 0 Å². The number of hydrogen-bond donors (Lipinski definition) is 1. The Kier molecular flexibility index (Phi) is 2.40. The van der Waals surface area contributed by atoms with E-state index >= 15 is 0 Å². The summed E-state index contributed by atoms with van der Waals surface area (Å²) in [6.07, 6.45) is 10.3. The molecule has 1 saturated heterocycles. The first-order valence-electron chi connectivity index (χ1n) is 5.54. The second-order valence-corrected chi connectivity index (χ2v) is 4.88. The topological polar surface area (TPSA) is 12.0 Å². The van der Waals surface area contributed by atoms with Gasteiger partial charge < -0.3 is 5.32 Å². The molecule has 0 aromatic rings. The SMILES string of the molecule is CC1CCCC2(CCCC2)CN1. The molecular formula is C11H21N. The highest BCUT2D eigenvalue weighted by molar-refractivity contribution is 4.89. The Bertz CT molecular complexity index is 147. The van der Waals surface area contributed by atoms with E-state index in [1.54, 1.807) is 0 Å². The Labute approximate surface area is 75.9 Å². The van der Waals surface area contributed by atoms with Gasteiger partial charge in [0, 0.05) is 12.6 Å². The van der Waals surface area contributed by atoms with E-state index in [9.17, 15) is 0 Å². The maximum Gasteiger partial charge on any atom is 0.00389 e. The highest BCUT2D eigenvalue weighted by atomic mass is 14.9. The normalized spacial score (nSPS) is 35.2. The van der Waals surface area contributed by atoms with Gasteiger partial charge >= 0.3 is 0 Å². The van der Waals surface area contributed by atoms with Gasteiger partial charge in [0.2, 0.25) is 0 Å². The Balaban J connectivity index is 1.97. The van der Waals surface area contributed by atoms with Crippen LogP contribution in [0.3, 0.4) is 0 Å². The lowest BCUT2D eigenvalue weighted by Gasteiger charge is -2.27. The number of nitrogens with one attached hydrogen (secondary N) is 1. The zero-order valence-electron chi connectivity index (χ0n) is 8.23. The van der Waals surface area contributed by atoms with Crippen LogP contribution in [0.2, 0.25) is 0 Å². The third kappa shape index (κ3) is 1.66. The van der Waals surface area contributed by atoms with Gasteiger partial charge in [-0.25, -0.2) is 0 Å². The number of rotatable bonds is 0. The van der Waals surface area contributed by atoms with Gasteiger partial charge in [0.1, 0.15) is 0 Å². The lowest BCUT2D eigenvalue weighted by atomic mass is 9.82. The van der Waals surface area contributed by atoms with Crippen LogP contribution in [0, 0.1) is 5.41 Å². The summed E-state index contributed by atoms with van der Waals surface area (Å²) in [5, 5.41) is 3.68. The summed E-state index contributed by atoms with van der Waals surface area (Å²) < 4.78 is 0. The van der Waals surface area contributed by atoms with Crippen LogP contribution in [0.25, 0.3) is 0 Å². The van der Waals surface area contributed by atoms with Gasteiger partial charge in [-0.3, -0.25) is 0 Å². The van der Waals surface area contributed by atoms with Crippen LogP contribution in [0.4, 0.5) is 0 Å². The van der Waals surface area contributed by atoms with E-state index < -0.39 is 0 Å². The summed E-state index contributed by atoms with van der Waals surface area (Å²) in [6, 6.07) is 0.768. The molecule has 12 heavy (non-hydrogen) atoms. The Morgan fingerprint density at radius 1 is 1.08 bits per heavy atom. The second-order valence-electron chi connectivity index (χ2n) is 4.88. The second kappa shape index (κ2) is 3.37. The van der Waals surface area contributed by atoms with Crippen molar-refractivity contribution in [1.29, 1.82) is 0 Å². The van der Waals surface area contributed by atoms with Crippen LogP contribution in [0.15, 0.2) is 0 Å². The predicted molar refractivity (Wildman–Crippen MR) is 52.2 cm³/mol. The van der Waals surface area contributed by atoms with Crippen LogP contribution < -0.4 is 5.32 Å². The summed E-state index contributed by atoms with van der Waals surface area (Å²) in [5.74, 6) is 0. The standard InChI is InChI=1S/C11H21N/c1-10-5-4-8-11(9-12-10)6-2-3-7-11/h10,12H,2-9H2,1H3. The molecule has 0 bridgehead atoms. The Hall–Kier alpha value is -0.0400. The molecular weight excluding hydrogens is 146 g/mol. The van der Waals surface area contributed by atoms with E-state index in [2.05, 4.69) is 12.2 Å². The molecule has 1 aliphatic heterocycles. The van der Waals surface area contributed by atoms with Crippen molar-refractivity contribution in [1.82, 2.24) is 5.32 Å². The first-order chi connectivity index (χ1) is 5.81. The zero-order chi connectivity index (χ0) is 8.44. The summed E-state index contributed by atoms with van der Waals surface area (Å²) >= 11 is 0. The molecule has 2 aliphatic rings. The molecule has 1 aliphatic carbocycles. The maximum atomic E-state index is 3.68. The fraction of sp³-hybridized carbons (Fsp3) is 1.00. The molecule has 0 aromatic heterocycles. The van der Waals surface area contributed by atoms with Crippen molar-refractivity contribution < 1.29 is 0 Å². The molecule has 1 heterocycles. The predicted octanol–water partition coefficient (Wildman–Crippen LogP) is 2.71. The van der Waals surface area contributed by atoms with Gasteiger partial charge in [-0.15, -0.1) is 0 Å². The summed E-state index contributed by atoms with van der Waals surface area (Å²) in [5.41, 5.74) is 0.727. The van der Waals surface area contributed by atoms with E-state index in [-0.39, 0.29) is 0 Å². The van der Waals surface area contributed by atoms with Gasteiger partial charge in [0.15, 0.2) is 0 Å². The molecule has 1 atom stereocenters. The van der Waals surface area contributed by atoms with Crippen molar-refractivity contribution in [2.75, 3.05) is 6.54 Å². The average Bonchev–Trinajstić information content (AvgIpc) is 2.42. The molecule has 1 heteroatoms. The Morgan fingerprint density at radius 2 is 1.75 bits per heavy atom. The summed E-state index contributed by atoms with van der Waals surface area (Å²) in [7, 11) is 0. The zero-order valence-corrected chi connectivity index (χ0v) is 8.23. The number of hydrogen-bond acceptors (Lipinski definition) is 1. The molecule has 2 fully saturated rings. The van der Waals surface area contributed by atoms with Crippen LogP contribution in [0.5, 0.6) is 0 Å². The van der Waals surface area contributed by atoms with E-state index in [4.69, 9.17) is 0 Å². The lowest BCUT2D eigenvalue weighted by molar-refractivity contribution is 0.270. The summed E-state index contributed by atoms with van der Waals surface area (Å²) in [4.78, 5) is 0. The fourth-order valence-corrected chi connectivity index (χ4v) is 2.92. The van der Waals surface area contributed by atoms with Crippen LogP contribution >= 0.6 is 0 Å². The minimum atomic E-state index is 0.727. The minimum absolute atomic E-state index is 0.727. The van der Waals surface area contributed by atoms with E-state index in [0.29, 0.717) is 0 Å². The average molecular weight is 167 g/mol. The lowest BCUT2D eigenvalue weighted by Crippen LogP contribution is -2.33. The largest absolute Gasteiger partial charge is 0.314 e. The fourth-order valence-electron chi connectivity index (χ4n) is 2.92. The minimum Gasteiger partial charge on any atom is -0.314 e. The first kappa shape index (κ1) is 8.55. The molecule has 1 unspecified atom stereocenters. The molecule has 2 rings (SSSR count). The molecule has 1 N–H and O–H groups in total. The molecule has 70 valence electrons. The smallest absolute Gasteiger partial charge is 0.00389 e. The molecule has 1 saturated carbocycles. The van der Waals surface area contributed by atoms with E-state index in [1.165, 1.54) is 51.5 Å². The van der Waals surface area contributed by atoms with Gasteiger partial charge in [-0.1, -0.05) is 19.3 Å². The van der Waals surface area contributed by atoms with Gasteiger partial charge in [0.25, 0.3) is 0 Å². The molecule has 0 aromatic carbocycles. The quantitative estimate of drug-likeness (QED) is 0.585. The van der Waals surface area contributed by atoms with Crippen LogP contribution in [-0.2, 0) is 0 Å². The van der Waals surface area contributed by atoms with E-state index in [1.807, 2.05) is 0 Å². The first-order valence-corrected chi connectivity index (χ1v) is 5.54. The summed E-state index contributed by atoms with van der Waals surface area (Å²) in [6.45, 7) is 3.63. The highest BCUT2D eigenvalue weighted by Crippen LogP contribution is 2.42. The van der Waals surface area contributed by atoms with Crippen molar-refractivity contribution in [3.05, 3.63) is 0 Å². The van der Waals surface area contributed by atoms with Crippen molar-refractivity contribution in [2.24, 2.45) is 5.41 Å². The van der Waals surface area contributed by atoms with Crippen molar-refractivity contribution in [3.63, 3.8) is 0 Å². The highest BCUT2D eigenvalue weighted by Gasteiger charge is 2.34. The van der Waals surface area contributed by atoms with Crippen LogP contribution in [0.1, 0.15) is 51.9 Å². The third-order valence-electron chi connectivity index (χ3n) is 3.83. The maximum absolute atomic E-state index is 3.68. The van der Waals surface area contributed by atoms with Crippen LogP contribution in [-0.4, -0.2) is 12.6 Å². The van der Waals surface area contributed by atoms with Crippen molar-refractivity contribution >= 4 is 0 Å². The molecule has 0 radical (unpaired) electrons. The monoisotopic (exact) mass is 167 g/mol.